The number of rotatable bonds is 2. The van der Waals surface area contributed by atoms with E-state index in [0.717, 1.165) is 31.4 Å². The molecule has 0 amide bonds. The van der Waals surface area contributed by atoms with Crippen molar-refractivity contribution < 1.29 is 18.3 Å². The summed E-state index contributed by atoms with van der Waals surface area (Å²) in [5.74, 6) is 0.213. The van der Waals surface area contributed by atoms with Gasteiger partial charge in [-0.2, -0.15) is 13.2 Å². The summed E-state index contributed by atoms with van der Waals surface area (Å²) in [4.78, 5) is 0. The number of alkyl halides is 3. The van der Waals surface area contributed by atoms with Crippen molar-refractivity contribution in [3.05, 3.63) is 34.9 Å². The van der Waals surface area contributed by atoms with Crippen LogP contribution in [0.2, 0.25) is 0 Å². The monoisotopic (exact) mass is 244 g/mol. The Balaban J connectivity index is 2.25. The maximum Gasteiger partial charge on any atom is 0.416 e. The molecule has 1 atom stereocenters. The van der Waals surface area contributed by atoms with Crippen molar-refractivity contribution in [1.82, 2.24) is 0 Å². The zero-order chi connectivity index (χ0) is 12.6. The highest BCUT2D eigenvalue weighted by Gasteiger charge is 2.32. The largest absolute Gasteiger partial charge is 0.416 e. The summed E-state index contributed by atoms with van der Waals surface area (Å²) in [6, 6.07) is 3.56. The van der Waals surface area contributed by atoms with E-state index in [4.69, 9.17) is 0 Å². The van der Waals surface area contributed by atoms with Crippen LogP contribution in [0, 0.1) is 12.8 Å². The first kappa shape index (κ1) is 12.4. The first-order valence-electron chi connectivity index (χ1n) is 5.75. The molecule has 1 aromatic rings. The van der Waals surface area contributed by atoms with Crippen LogP contribution in [-0.4, -0.2) is 5.11 Å². The zero-order valence-electron chi connectivity index (χ0n) is 9.59. The lowest BCUT2D eigenvalue weighted by atomic mass is 9.78. The number of aryl methyl sites for hydroxylation is 1. The molecule has 2 rings (SSSR count). The molecule has 0 radical (unpaired) electrons. The lowest BCUT2D eigenvalue weighted by molar-refractivity contribution is -0.137. The maximum absolute atomic E-state index is 12.5. The summed E-state index contributed by atoms with van der Waals surface area (Å²) < 4.78 is 37.4. The van der Waals surface area contributed by atoms with Crippen molar-refractivity contribution in [2.75, 3.05) is 0 Å². The van der Waals surface area contributed by atoms with E-state index in [-0.39, 0.29) is 5.92 Å². The standard InChI is InChI=1S/C13H15F3O/c1-8-7-10(13(14,15)16)5-6-11(8)12(17)9-3-2-4-9/h5-7,9,12,17H,2-4H2,1H3. The second kappa shape index (κ2) is 4.33. The highest BCUT2D eigenvalue weighted by atomic mass is 19.4. The summed E-state index contributed by atoms with van der Waals surface area (Å²) in [6.45, 7) is 1.62. The van der Waals surface area contributed by atoms with E-state index in [1.165, 1.54) is 6.07 Å². The average molecular weight is 244 g/mol. The first-order chi connectivity index (χ1) is 7.89. The van der Waals surface area contributed by atoms with Gasteiger partial charge >= 0.3 is 6.18 Å². The van der Waals surface area contributed by atoms with E-state index in [9.17, 15) is 18.3 Å². The molecule has 1 saturated carbocycles. The molecule has 0 aromatic heterocycles. The molecule has 0 aliphatic heterocycles. The van der Waals surface area contributed by atoms with Gasteiger partial charge in [0.05, 0.1) is 11.7 Å². The fourth-order valence-corrected chi connectivity index (χ4v) is 2.19. The van der Waals surface area contributed by atoms with Crippen LogP contribution in [0.4, 0.5) is 13.2 Å². The molecule has 4 heteroatoms. The molecule has 1 N–H and O–H groups in total. The van der Waals surface area contributed by atoms with Gasteiger partial charge in [-0.05, 0) is 48.9 Å². The number of halogens is 3. The van der Waals surface area contributed by atoms with Gasteiger partial charge in [-0.1, -0.05) is 12.5 Å². The van der Waals surface area contributed by atoms with Gasteiger partial charge in [0, 0.05) is 0 Å². The molecule has 94 valence electrons. The van der Waals surface area contributed by atoms with Crippen molar-refractivity contribution in [3.8, 4) is 0 Å². The number of benzene rings is 1. The molecule has 1 aromatic carbocycles. The van der Waals surface area contributed by atoms with Gasteiger partial charge in [-0.25, -0.2) is 0 Å². The second-order valence-corrected chi connectivity index (χ2v) is 4.70. The molecule has 0 heterocycles. The quantitative estimate of drug-likeness (QED) is 0.837. The summed E-state index contributed by atoms with van der Waals surface area (Å²) in [5.41, 5.74) is 0.487. The second-order valence-electron chi connectivity index (χ2n) is 4.70. The van der Waals surface area contributed by atoms with Gasteiger partial charge in [0.15, 0.2) is 0 Å². The Labute approximate surface area is 98.3 Å². The molecule has 0 saturated heterocycles. The summed E-state index contributed by atoms with van der Waals surface area (Å²) in [6.07, 6.45) is -1.92. The van der Waals surface area contributed by atoms with Crippen molar-refractivity contribution in [1.29, 1.82) is 0 Å². The third-order valence-corrected chi connectivity index (χ3v) is 3.51. The van der Waals surface area contributed by atoms with Crippen LogP contribution in [0.5, 0.6) is 0 Å². The van der Waals surface area contributed by atoms with Crippen molar-refractivity contribution in [3.63, 3.8) is 0 Å². The molecule has 1 aliphatic carbocycles. The van der Waals surface area contributed by atoms with Gasteiger partial charge < -0.3 is 5.11 Å². The number of hydrogen-bond donors (Lipinski definition) is 1. The fourth-order valence-electron chi connectivity index (χ4n) is 2.19. The SMILES string of the molecule is Cc1cc(C(F)(F)F)ccc1C(O)C1CCC1. The number of aliphatic hydroxyl groups is 1. The van der Waals surface area contributed by atoms with Gasteiger partial charge in [0.2, 0.25) is 0 Å². The molecule has 1 nitrogen and oxygen atoms in total. The molecule has 0 spiro atoms. The van der Waals surface area contributed by atoms with Crippen molar-refractivity contribution >= 4 is 0 Å². The molecular formula is C13H15F3O. The Morgan fingerprint density at radius 3 is 2.35 bits per heavy atom. The third-order valence-electron chi connectivity index (χ3n) is 3.51. The molecule has 17 heavy (non-hydrogen) atoms. The Morgan fingerprint density at radius 1 is 1.29 bits per heavy atom. The molecule has 1 unspecified atom stereocenters. The Morgan fingerprint density at radius 2 is 1.94 bits per heavy atom. The van der Waals surface area contributed by atoms with E-state index < -0.39 is 17.8 Å². The lowest BCUT2D eigenvalue weighted by Gasteiger charge is -2.31. The lowest BCUT2D eigenvalue weighted by Crippen LogP contribution is -2.21. The molecule has 1 aliphatic rings. The van der Waals surface area contributed by atoms with Gasteiger partial charge in [-0.3, -0.25) is 0 Å². The fraction of sp³-hybridized carbons (Fsp3) is 0.538. The van der Waals surface area contributed by atoms with Crippen LogP contribution in [-0.2, 0) is 6.18 Å². The normalized spacial score (nSPS) is 18.9. The third kappa shape index (κ3) is 2.46. The molecule has 0 bridgehead atoms. The predicted octanol–water partition coefficient (Wildman–Crippen LogP) is 3.85. The zero-order valence-corrected chi connectivity index (χ0v) is 9.59. The highest BCUT2D eigenvalue weighted by Crippen LogP contribution is 2.39. The minimum atomic E-state index is -4.31. The number of hydrogen-bond acceptors (Lipinski definition) is 1. The Bertz CT molecular complexity index is 408. The minimum absolute atomic E-state index is 0.213. The highest BCUT2D eigenvalue weighted by molar-refractivity contribution is 5.34. The Kier molecular flexibility index (Phi) is 3.17. The summed E-state index contributed by atoms with van der Waals surface area (Å²) in [5, 5.41) is 10.0. The van der Waals surface area contributed by atoms with E-state index >= 15 is 0 Å². The van der Waals surface area contributed by atoms with Crippen molar-refractivity contribution in [2.45, 2.75) is 38.5 Å². The van der Waals surface area contributed by atoms with E-state index in [2.05, 4.69) is 0 Å². The van der Waals surface area contributed by atoms with Crippen LogP contribution in [0.3, 0.4) is 0 Å². The maximum atomic E-state index is 12.5. The Hall–Kier alpha value is -1.03. The van der Waals surface area contributed by atoms with Crippen LogP contribution in [0.15, 0.2) is 18.2 Å². The van der Waals surface area contributed by atoms with E-state index in [1.807, 2.05) is 0 Å². The van der Waals surface area contributed by atoms with Gasteiger partial charge in [0.1, 0.15) is 0 Å². The average Bonchev–Trinajstić information content (AvgIpc) is 2.12. The summed E-state index contributed by atoms with van der Waals surface area (Å²) >= 11 is 0. The molecular weight excluding hydrogens is 229 g/mol. The van der Waals surface area contributed by atoms with Gasteiger partial charge in [-0.15, -0.1) is 0 Å². The van der Waals surface area contributed by atoms with Gasteiger partial charge in [0.25, 0.3) is 0 Å². The van der Waals surface area contributed by atoms with Crippen LogP contribution >= 0.6 is 0 Å². The predicted molar refractivity (Wildman–Crippen MR) is 58.5 cm³/mol. The number of aliphatic hydroxyl groups excluding tert-OH is 1. The van der Waals surface area contributed by atoms with Crippen LogP contribution in [0.1, 0.15) is 42.1 Å². The first-order valence-corrected chi connectivity index (χ1v) is 5.75. The minimum Gasteiger partial charge on any atom is -0.388 e. The van der Waals surface area contributed by atoms with Crippen LogP contribution < -0.4 is 0 Å². The summed E-state index contributed by atoms with van der Waals surface area (Å²) in [7, 11) is 0. The van der Waals surface area contributed by atoms with E-state index in [0.29, 0.717) is 11.1 Å². The molecule has 1 fully saturated rings. The topological polar surface area (TPSA) is 20.2 Å². The van der Waals surface area contributed by atoms with Crippen LogP contribution in [0.25, 0.3) is 0 Å². The van der Waals surface area contributed by atoms with E-state index in [1.54, 1.807) is 6.92 Å². The smallest absolute Gasteiger partial charge is 0.388 e. The van der Waals surface area contributed by atoms with Crippen molar-refractivity contribution in [2.24, 2.45) is 5.92 Å².